The second kappa shape index (κ2) is 8.93. The molecule has 3 rings (SSSR count). The second-order valence-electron chi connectivity index (χ2n) is 7.76. The van der Waals surface area contributed by atoms with Crippen LogP contribution in [0.4, 0.5) is 4.79 Å². The molecule has 0 saturated heterocycles. The average molecular weight is 439 g/mol. The number of fused-ring (bicyclic) bond motifs is 1. The van der Waals surface area contributed by atoms with Crippen LogP contribution in [-0.2, 0) is 23.3 Å². The summed E-state index contributed by atoms with van der Waals surface area (Å²) in [6, 6.07) is 7.79. The van der Waals surface area contributed by atoms with Crippen LogP contribution in [0.1, 0.15) is 37.5 Å². The molecule has 1 aliphatic rings. The average Bonchev–Trinajstić information content (AvgIpc) is 2.84. The molecule has 0 N–H and O–H groups in total. The number of halogens is 2. The van der Waals surface area contributed by atoms with Crippen LogP contribution in [0, 0.1) is 0 Å². The zero-order valence-corrected chi connectivity index (χ0v) is 18.6. The Morgan fingerprint density at radius 3 is 2.61 bits per heavy atom. The van der Waals surface area contributed by atoms with E-state index >= 15 is 0 Å². The topological polar surface area (TPSA) is 42.4 Å². The number of hydrogen-bond acceptors (Lipinski definition) is 4. The van der Waals surface area contributed by atoms with Crippen molar-refractivity contribution in [1.29, 1.82) is 0 Å². The lowest BCUT2D eigenvalue weighted by Gasteiger charge is -2.26. The minimum atomic E-state index is -0.493. The highest BCUT2D eigenvalue weighted by Crippen LogP contribution is 2.36. The maximum Gasteiger partial charge on any atom is 0.410 e. The Labute approximate surface area is 180 Å². The van der Waals surface area contributed by atoms with E-state index in [-0.39, 0.29) is 6.09 Å². The number of hydrogen-bond donors (Lipinski definition) is 0. The molecule has 28 heavy (non-hydrogen) atoms. The van der Waals surface area contributed by atoms with E-state index in [4.69, 9.17) is 27.9 Å². The normalized spacial score (nSPS) is 14.4. The molecule has 2 heterocycles. The van der Waals surface area contributed by atoms with E-state index in [9.17, 15) is 4.79 Å². The number of benzene rings is 1. The summed E-state index contributed by atoms with van der Waals surface area (Å²) in [5, 5.41) is 1.24. The Morgan fingerprint density at radius 2 is 1.93 bits per heavy atom. The second-order valence-corrected chi connectivity index (χ2v) is 9.54. The van der Waals surface area contributed by atoms with E-state index in [1.54, 1.807) is 28.9 Å². The van der Waals surface area contributed by atoms with Gasteiger partial charge >= 0.3 is 6.09 Å². The summed E-state index contributed by atoms with van der Waals surface area (Å²) >= 11 is 14.1. The molecule has 7 heteroatoms. The van der Waals surface area contributed by atoms with Gasteiger partial charge in [-0.1, -0.05) is 35.3 Å². The van der Waals surface area contributed by atoms with E-state index in [1.165, 1.54) is 11.1 Å². The lowest BCUT2D eigenvalue weighted by Crippen LogP contribution is -2.38. The molecule has 4 nitrogen and oxygen atoms in total. The van der Waals surface area contributed by atoms with Crippen LogP contribution in [0.25, 0.3) is 0 Å². The molecule has 0 fully saturated rings. The number of nitrogens with zero attached hydrogens (tertiary/aromatic N) is 2. The van der Waals surface area contributed by atoms with Crippen molar-refractivity contribution in [3.05, 3.63) is 57.3 Å². The number of thioether (sulfide) groups is 1. The van der Waals surface area contributed by atoms with Crippen molar-refractivity contribution in [3.63, 3.8) is 0 Å². The Bertz CT molecular complexity index is 851. The third-order valence-electron chi connectivity index (χ3n) is 4.42. The summed E-state index contributed by atoms with van der Waals surface area (Å²) in [7, 11) is 0. The van der Waals surface area contributed by atoms with E-state index < -0.39 is 5.60 Å². The first-order chi connectivity index (χ1) is 13.2. The van der Waals surface area contributed by atoms with Crippen LogP contribution >= 0.6 is 35.0 Å². The van der Waals surface area contributed by atoms with Crippen molar-refractivity contribution in [2.24, 2.45) is 0 Å². The van der Waals surface area contributed by atoms with Crippen molar-refractivity contribution < 1.29 is 9.53 Å². The maximum absolute atomic E-state index is 12.5. The van der Waals surface area contributed by atoms with Gasteiger partial charge < -0.3 is 9.64 Å². The lowest BCUT2D eigenvalue weighted by atomic mass is 10.0. The molecular formula is C21H24Cl2N2O2S. The number of pyridine rings is 1. The largest absolute Gasteiger partial charge is 0.444 e. The highest BCUT2D eigenvalue weighted by atomic mass is 35.5. The van der Waals surface area contributed by atoms with Crippen molar-refractivity contribution in [2.45, 2.75) is 49.9 Å². The van der Waals surface area contributed by atoms with E-state index in [0.717, 1.165) is 34.1 Å². The van der Waals surface area contributed by atoms with Gasteiger partial charge in [0.05, 0.1) is 5.02 Å². The Balaban J connectivity index is 1.74. The van der Waals surface area contributed by atoms with E-state index in [0.29, 0.717) is 18.2 Å². The third-order valence-corrected chi connectivity index (χ3v) is 6.30. The van der Waals surface area contributed by atoms with Gasteiger partial charge in [0.1, 0.15) is 10.8 Å². The van der Waals surface area contributed by atoms with Gasteiger partial charge in [0.2, 0.25) is 0 Å². The van der Waals surface area contributed by atoms with E-state index in [2.05, 4.69) is 11.1 Å². The van der Waals surface area contributed by atoms with Crippen molar-refractivity contribution in [3.8, 4) is 0 Å². The zero-order valence-electron chi connectivity index (χ0n) is 16.3. The molecule has 0 unspecified atom stereocenters. The molecule has 0 bridgehead atoms. The van der Waals surface area contributed by atoms with Gasteiger partial charge in [0.15, 0.2) is 0 Å². The summed E-state index contributed by atoms with van der Waals surface area (Å²) in [6.45, 7) is 6.93. The van der Waals surface area contributed by atoms with Gasteiger partial charge in [-0.25, -0.2) is 9.78 Å². The predicted molar refractivity (Wildman–Crippen MR) is 115 cm³/mol. The molecule has 0 aliphatic carbocycles. The van der Waals surface area contributed by atoms with Crippen LogP contribution in [0.2, 0.25) is 10.2 Å². The zero-order chi connectivity index (χ0) is 20.3. The van der Waals surface area contributed by atoms with Crippen LogP contribution in [0.5, 0.6) is 0 Å². The van der Waals surface area contributed by atoms with Gasteiger partial charge in [-0.05, 0) is 62.4 Å². The minimum Gasteiger partial charge on any atom is -0.444 e. The van der Waals surface area contributed by atoms with Gasteiger partial charge in [-0.2, -0.15) is 0 Å². The molecule has 150 valence electrons. The summed E-state index contributed by atoms with van der Waals surface area (Å²) < 4.78 is 5.54. The maximum atomic E-state index is 12.5. The van der Waals surface area contributed by atoms with Crippen LogP contribution < -0.4 is 0 Å². The number of carbonyl (C=O) groups is 1. The first kappa shape index (κ1) is 21.3. The number of carbonyl (C=O) groups excluding carboxylic acids is 1. The summed E-state index contributed by atoms with van der Waals surface area (Å²) in [6.07, 6.45) is 3.08. The van der Waals surface area contributed by atoms with Gasteiger partial charge in [-0.15, -0.1) is 11.8 Å². The Kier molecular flexibility index (Phi) is 6.79. The fourth-order valence-corrected chi connectivity index (χ4v) is 4.62. The van der Waals surface area contributed by atoms with Gasteiger partial charge in [0.25, 0.3) is 0 Å². The molecular weight excluding hydrogens is 415 g/mol. The summed E-state index contributed by atoms with van der Waals surface area (Å²) in [5.74, 6) is 0.760. The van der Waals surface area contributed by atoms with Gasteiger partial charge in [0, 0.05) is 29.9 Å². The Morgan fingerprint density at radius 1 is 1.18 bits per heavy atom. The van der Waals surface area contributed by atoms with Crippen LogP contribution in [0.3, 0.4) is 0 Å². The molecule has 0 atom stereocenters. The standard InChI is InChI=1S/C21H24Cl2N2O2S/c1-21(2,3)27-20(26)25-10-8-15-5-6-17(22)19(16(15)9-11-25)28-13-14-4-7-18(23)24-12-14/h4-7,12H,8-11,13H2,1-3H3. The molecule has 0 saturated carbocycles. The molecule has 1 aromatic heterocycles. The number of amides is 1. The SMILES string of the molecule is CC(C)(C)OC(=O)N1CCc2ccc(Cl)c(SCc3ccc(Cl)nc3)c2CC1. The minimum absolute atomic E-state index is 0.257. The lowest BCUT2D eigenvalue weighted by molar-refractivity contribution is 0.0258. The molecule has 1 aromatic carbocycles. The van der Waals surface area contributed by atoms with Crippen molar-refractivity contribution in [1.82, 2.24) is 9.88 Å². The van der Waals surface area contributed by atoms with E-state index in [1.807, 2.05) is 32.9 Å². The number of rotatable bonds is 3. The molecule has 0 radical (unpaired) electrons. The molecule has 1 amide bonds. The van der Waals surface area contributed by atoms with Crippen molar-refractivity contribution >= 4 is 41.1 Å². The van der Waals surface area contributed by atoms with Crippen LogP contribution in [0.15, 0.2) is 35.4 Å². The molecule has 2 aromatic rings. The molecule has 1 aliphatic heterocycles. The number of aromatic nitrogens is 1. The summed E-state index contributed by atoms with van der Waals surface area (Å²) in [4.78, 5) is 19.5. The monoisotopic (exact) mass is 438 g/mol. The quantitative estimate of drug-likeness (QED) is 0.434. The Hall–Kier alpha value is -1.43. The first-order valence-corrected chi connectivity index (χ1v) is 11.0. The van der Waals surface area contributed by atoms with Crippen molar-refractivity contribution in [2.75, 3.05) is 13.1 Å². The first-order valence-electron chi connectivity index (χ1n) is 9.24. The van der Waals surface area contributed by atoms with Crippen LogP contribution in [-0.4, -0.2) is 34.7 Å². The highest BCUT2D eigenvalue weighted by molar-refractivity contribution is 7.98. The summed E-state index contributed by atoms with van der Waals surface area (Å²) in [5.41, 5.74) is 3.07. The van der Waals surface area contributed by atoms with Gasteiger partial charge in [-0.3, -0.25) is 0 Å². The highest BCUT2D eigenvalue weighted by Gasteiger charge is 2.25. The smallest absolute Gasteiger partial charge is 0.410 e. The fraction of sp³-hybridized carbons (Fsp3) is 0.429. The molecule has 0 spiro atoms. The predicted octanol–water partition coefficient (Wildman–Crippen LogP) is 6.02. The third kappa shape index (κ3) is 5.56. The number of ether oxygens (including phenoxy) is 1. The fourth-order valence-electron chi connectivity index (χ4n) is 3.07.